The number of aryl methyl sites for hydroxylation is 1. The second kappa shape index (κ2) is 5.64. The van der Waals surface area contributed by atoms with Crippen LogP contribution in [-0.2, 0) is 0 Å². The third-order valence-electron chi connectivity index (χ3n) is 2.87. The van der Waals surface area contributed by atoms with E-state index in [-0.39, 0.29) is 6.04 Å². The Hall–Kier alpha value is -1.18. The predicted octanol–water partition coefficient (Wildman–Crippen LogP) is 5.47. The first-order valence-corrected chi connectivity index (χ1v) is 6.60. The Balaban J connectivity index is 2.15. The molecular formula is C15H15Cl2N. The molecule has 1 N–H and O–H groups in total. The zero-order chi connectivity index (χ0) is 13.1. The molecule has 18 heavy (non-hydrogen) atoms. The summed E-state index contributed by atoms with van der Waals surface area (Å²) in [6.45, 7) is 4.12. The largest absolute Gasteiger partial charge is 0.377 e. The second-order valence-electron chi connectivity index (χ2n) is 4.40. The van der Waals surface area contributed by atoms with E-state index in [1.165, 1.54) is 5.56 Å². The smallest absolute Gasteiger partial charge is 0.0640 e. The summed E-state index contributed by atoms with van der Waals surface area (Å²) in [5.74, 6) is 0. The van der Waals surface area contributed by atoms with Gasteiger partial charge in [0.25, 0.3) is 0 Å². The molecule has 2 aromatic rings. The lowest BCUT2D eigenvalue weighted by molar-refractivity contribution is 0.885. The maximum Gasteiger partial charge on any atom is 0.0640 e. The fourth-order valence-electron chi connectivity index (χ4n) is 1.81. The zero-order valence-corrected chi connectivity index (χ0v) is 11.9. The van der Waals surface area contributed by atoms with Gasteiger partial charge in [0.1, 0.15) is 0 Å². The van der Waals surface area contributed by atoms with E-state index in [2.05, 4.69) is 12.2 Å². The van der Waals surface area contributed by atoms with Crippen LogP contribution in [0.1, 0.15) is 24.1 Å². The molecule has 1 atom stereocenters. The highest BCUT2D eigenvalue weighted by molar-refractivity contribution is 6.33. The van der Waals surface area contributed by atoms with E-state index in [0.29, 0.717) is 0 Å². The van der Waals surface area contributed by atoms with Gasteiger partial charge in [0.2, 0.25) is 0 Å². The first kappa shape index (κ1) is 13.3. The fraction of sp³-hybridized carbons (Fsp3) is 0.200. The van der Waals surface area contributed by atoms with E-state index in [1.54, 1.807) is 0 Å². The summed E-state index contributed by atoms with van der Waals surface area (Å²) in [7, 11) is 0. The van der Waals surface area contributed by atoms with E-state index in [9.17, 15) is 0 Å². The Morgan fingerprint density at radius 1 is 1.00 bits per heavy atom. The third-order valence-corrected chi connectivity index (χ3v) is 3.43. The van der Waals surface area contributed by atoms with Gasteiger partial charge >= 0.3 is 0 Å². The fourth-order valence-corrected chi connectivity index (χ4v) is 2.22. The van der Waals surface area contributed by atoms with Crippen LogP contribution in [0.3, 0.4) is 0 Å². The number of anilines is 1. The molecule has 1 nitrogen and oxygen atoms in total. The van der Waals surface area contributed by atoms with E-state index >= 15 is 0 Å². The normalized spacial score (nSPS) is 12.2. The Bertz CT molecular complexity index is 535. The van der Waals surface area contributed by atoms with Crippen molar-refractivity contribution >= 4 is 28.9 Å². The summed E-state index contributed by atoms with van der Waals surface area (Å²) in [5, 5.41) is 4.89. The van der Waals surface area contributed by atoms with E-state index in [1.807, 2.05) is 49.4 Å². The number of hydrogen-bond acceptors (Lipinski definition) is 1. The summed E-state index contributed by atoms with van der Waals surface area (Å²) in [5.41, 5.74) is 3.28. The average molecular weight is 280 g/mol. The lowest BCUT2D eigenvalue weighted by Gasteiger charge is -2.17. The van der Waals surface area contributed by atoms with E-state index in [0.717, 1.165) is 21.3 Å². The Morgan fingerprint density at radius 3 is 2.28 bits per heavy atom. The summed E-state index contributed by atoms with van der Waals surface area (Å²) >= 11 is 12.1. The molecule has 94 valence electrons. The van der Waals surface area contributed by atoms with Crippen LogP contribution in [0, 0.1) is 6.92 Å². The summed E-state index contributed by atoms with van der Waals surface area (Å²) in [6, 6.07) is 14.0. The maximum absolute atomic E-state index is 6.20. The van der Waals surface area contributed by atoms with Crippen LogP contribution in [0.2, 0.25) is 10.0 Å². The lowest BCUT2D eigenvalue weighted by atomic mass is 10.1. The molecule has 0 aliphatic rings. The minimum atomic E-state index is 0.183. The van der Waals surface area contributed by atoms with Gasteiger partial charge in [-0.1, -0.05) is 41.4 Å². The molecule has 0 aliphatic carbocycles. The summed E-state index contributed by atoms with van der Waals surface area (Å²) in [4.78, 5) is 0. The van der Waals surface area contributed by atoms with Gasteiger partial charge in [0, 0.05) is 11.1 Å². The first-order chi connectivity index (χ1) is 8.56. The number of halogens is 2. The van der Waals surface area contributed by atoms with Crippen LogP contribution in [0.4, 0.5) is 5.69 Å². The van der Waals surface area contributed by atoms with Crippen molar-refractivity contribution < 1.29 is 0 Å². The number of benzene rings is 2. The van der Waals surface area contributed by atoms with Gasteiger partial charge in [-0.25, -0.2) is 0 Å². The molecule has 0 aromatic heterocycles. The van der Waals surface area contributed by atoms with Crippen LogP contribution in [0.25, 0.3) is 0 Å². The van der Waals surface area contributed by atoms with Crippen molar-refractivity contribution in [3.05, 3.63) is 63.6 Å². The molecule has 0 saturated carbocycles. The SMILES string of the molecule is Cc1ccc(NC(C)c2ccc(Cl)cc2)c(Cl)c1. The first-order valence-electron chi connectivity index (χ1n) is 5.84. The van der Waals surface area contributed by atoms with Gasteiger partial charge in [0.05, 0.1) is 10.7 Å². The molecule has 0 spiro atoms. The van der Waals surface area contributed by atoms with Gasteiger partial charge in [0.15, 0.2) is 0 Å². The molecule has 2 rings (SSSR count). The molecule has 0 amide bonds. The molecule has 0 fully saturated rings. The molecule has 0 saturated heterocycles. The average Bonchev–Trinajstić information content (AvgIpc) is 2.33. The topological polar surface area (TPSA) is 12.0 Å². The van der Waals surface area contributed by atoms with Crippen LogP contribution in [0.15, 0.2) is 42.5 Å². The van der Waals surface area contributed by atoms with E-state index < -0.39 is 0 Å². The van der Waals surface area contributed by atoms with Gasteiger partial charge < -0.3 is 5.32 Å². The lowest BCUT2D eigenvalue weighted by Crippen LogP contribution is -2.06. The van der Waals surface area contributed by atoms with Crippen LogP contribution < -0.4 is 5.32 Å². The third kappa shape index (κ3) is 3.18. The molecule has 3 heteroatoms. The monoisotopic (exact) mass is 279 g/mol. The molecule has 0 aliphatic heterocycles. The van der Waals surface area contributed by atoms with Crippen molar-refractivity contribution in [3.63, 3.8) is 0 Å². The quantitative estimate of drug-likeness (QED) is 0.785. The Kier molecular flexibility index (Phi) is 4.15. The van der Waals surface area contributed by atoms with Gasteiger partial charge in [-0.15, -0.1) is 0 Å². The van der Waals surface area contributed by atoms with Crippen LogP contribution in [-0.4, -0.2) is 0 Å². The maximum atomic E-state index is 6.20. The summed E-state index contributed by atoms with van der Waals surface area (Å²) < 4.78 is 0. The molecular weight excluding hydrogens is 265 g/mol. The van der Waals surface area contributed by atoms with E-state index in [4.69, 9.17) is 23.2 Å². The zero-order valence-electron chi connectivity index (χ0n) is 10.4. The standard InChI is InChI=1S/C15H15Cl2N/c1-10-3-8-15(14(17)9-10)18-11(2)12-4-6-13(16)7-5-12/h3-9,11,18H,1-2H3. The van der Waals surface area contributed by atoms with Crippen molar-refractivity contribution in [1.29, 1.82) is 0 Å². The molecule has 0 heterocycles. The predicted molar refractivity (Wildman–Crippen MR) is 79.7 cm³/mol. The van der Waals surface area contributed by atoms with Crippen molar-refractivity contribution in [3.8, 4) is 0 Å². The number of rotatable bonds is 3. The minimum absolute atomic E-state index is 0.183. The van der Waals surface area contributed by atoms with Crippen molar-refractivity contribution in [2.75, 3.05) is 5.32 Å². The highest BCUT2D eigenvalue weighted by Crippen LogP contribution is 2.27. The number of nitrogens with one attached hydrogen (secondary N) is 1. The minimum Gasteiger partial charge on any atom is -0.377 e. The van der Waals surface area contributed by atoms with Gasteiger partial charge in [-0.05, 0) is 49.2 Å². The summed E-state index contributed by atoms with van der Waals surface area (Å²) in [6.07, 6.45) is 0. The van der Waals surface area contributed by atoms with Crippen LogP contribution in [0.5, 0.6) is 0 Å². The molecule has 0 radical (unpaired) electrons. The Morgan fingerprint density at radius 2 is 1.67 bits per heavy atom. The second-order valence-corrected chi connectivity index (χ2v) is 5.24. The van der Waals surface area contributed by atoms with Crippen molar-refractivity contribution in [1.82, 2.24) is 0 Å². The van der Waals surface area contributed by atoms with Crippen molar-refractivity contribution in [2.24, 2.45) is 0 Å². The Labute approximate surface area is 118 Å². The highest BCUT2D eigenvalue weighted by atomic mass is 35.5. The van der Waals surface area contributed by atoms with Gasteiger partial charge in [-0.2, -0.15) is 0 Å². The molecule has 2 aromatic carbocycles. The molecule has 0 bridgehead atoms. The van der Waals surface area contributed by atoms with Crippen LogP contribution >= 0.6 is 23.2 Å². The van der Waals surface area contributed by atoms with Crippen molar-refractivity contribution in [2.45, 2.75) is 19.9 Å². The highest BCUT2D eigenvalue weighted by Gasteiger charge is 2.07. The number of hydrogen-bond donors (Lipinski definition) is 1. The van der Waals surface area contributed by atoms with Gasteiger partial charge in [-0.3, -0.25) is 0 Å². The molecule has 1 unspecified atom stereocenters.